The van der Waals surface area contributed by atoms with Gasteiger partial charge in [0.2, 0.25) is 5.91 Å². The molecular formula is C7H13N5O. The maximum absolute atomic E-state index is 10.8. The fraction of sp³-hybridized carbons (Fsp3) is 0.571. The molecule has 0 bridgehead atoms. The molecule has 0 atom stereocenters. The molecule has 1 aromatic heterocycles. The number of carbonyl (C=O) groups excluding carboxylic acids is 1. The standard InChI is InChI=1S/C7H13N5O/c1-8-7(13)5-9-3-6-4-10-11-12(6)2/h4,9H,3,5H2,1-2H3,(H,8,13). The Kier molecular flexibility index (Phi) is 3.39. The topological polar surface area (TPSA) is 71.8 Å². The van der Waals surface area contributed by atoms with Gasteiger partial charge in [-0.05, 0) is 0 Å². The monoisotopic (exact) mass is 183 g/mol. The first-order valence-electron chi connectivity index (χ1n) is 3.99. The van der Waals surface area contributed by atoms with Crippen molar-refractivity contribution in [2.45, 2.75) is 6.54 Å². The highest BCUT2D eigenvalue weighted by atomic mass is 16.1. The van der Waals surface area contributed by atoms with Crippen LogP contribution in [0.15, 0.2) is 6.20 Å². The Morgan fingerprint density at radius 1 is 1.69 bits per heavy atom. The SMILES string of the molecule is CNC(=O)CNCc1cnnn1C. The molecule has 0 spiro atoms. The van der Waals surface area contributed by atoms with E-state index in [2.05, 4.69) is 20.9 Å². The second-order valence-electron chi connectivity index (χ2n) is 2.63. The van der Waals surface area contributed by atoms with Crippen LogP contribution in [0.25, 0.3) is 0 Å². The predicted octanol–water partition coefficient (Wildman–Crippen LogP) is -1.35. The van der Waals surface area contributed by atoms with Gasteiger partial charge in [0.05, 0.1) is 18.4 Å². The number of amides is 1. The number of nitrogens with one attached hydrogen (secondary N) is 2. The van der Waals surface area contributed by atoms with E-state index in [0.717, 1.165) is 5.69 Å². The largest absolute Gasteiger partial charge is 0.358 e. The molecule has 1 aromatic rings. The molecule has 1 heterocycles. The summed E-state index contributed by atoms with van der Waals surface area (Å²) in [6, 6.07) is 0. The average molecular weight is 183 g/mol. The predicted molar refractivity (Wildman–Crippen MR) is 46.8 cm³/mol. The summed E-state index contributed by atoms with van der Waals surface area (Å²) in [5.41, 5.74) is 0.948. The van der Waals surface area contributed by atoms with Gasteiger partial charge in [-0.2, -0.15) is 0 Å². The molecule has 6 heteroatoms. The lowest BCUT2D eigenvalue weighted by atomic mass is 10.4. The third-order valence-corrected chi connectivity index (χ3v) is 1.68. The lowest BCUT2D eigenvalue weighted by Gasteiger charge is -2.02. The molecule has 0 radical (unpaired) electrons. The van der Waals surface area contributed by atoms with Crippen LogP contribution in [-0.4, -0.2) is 34.5 Å². The van der Waals surface area contributed by atoms with Crippen molar-refractivity contribution < 1.29 is 4.79 Å². The van der Waals surface area contributed by atoms with E-state index in [0.29, 0.717) is 13.1 Å². The first-order valence-corrected chi connectivity index (χ1v) is 3.99. The lowest BCUT2D eigenvalue weighted by Crippen LogP contribution is -2.31. The fourth-order valence-corrected chi connectivity index (χ4v) is 0.863. The van der Waals surface area contributed by atoms with E-state index >= 15 is 0 Å². The van der Waals surface area contributed by atoms with Crippen molar-refractivity contribution in [2.75, 3.05) is 13.6 Å². The molecule has 72 valence electrons. The van der Waals surface area contributed by atoms with E-state index in [9.17, 15) is 4.79 Å². The van der Waals surface area contributed by atoms with Gasteiger partial charge in [0.1, 0.15) is 0 Å². The molecule has 0 aliphatic rings. The third-order valence-electron chi connectivity index (χ3n) is 1.68. The molecule has 0 aliphatic carbocycles. The van der Waals surface area contributed by atoms with Gasteiger partial charge < -0.3 is 10.6 Å². The Morgan fingerprint density at radius 3 is 3.00 bits per heavy atom. The summed E-state index contributed by atoms with van der Waals surface area (Å²) in [7, 11) is 3.42. The Bertz CT molecular complexity index is 282. The number of hydrogen-bond acceptors (Lipinski definition) is 4. The number of nitrogens with zero attached hydrogens (tertiary/aromatic N) is 3. The fourth-order valence-electron chi connectivity index (χ4n) is 0.863. The van der Waals surface area contributed by atoms with Gasteiger partial charge in [0, 0.05) is 20.6 Å². The molecule has 0 saturated carbocycles. The van der Waals surface area contributed by atoms with Crippen molar-refractivity contribution >= 4 is 5.91 Å². The van der Waals surface area contributed by atoms with E-state index in [1.54, 1.807) is 17.9 Å². The van der Waals surface area contributed by atoms with E-state index in [-0.39, 0.29) is 5.91 Å². The zero-order valence-electron chi connectivity index (χ0n) is 7.74. The summed E-state index contributed by atoms with van der Waals surface area (Å²) in [6.07, 6.45) is 1.66. The highest BCUT2D eigenvalue weighted by molar-refractivity contribution is 5.77. The number of aromatic nitrogens is 3. The second kappa shape index (κ2) is 4.56. The zero-order chi connectivity index (χ0) is 9.68. The summed E-state index contributed by atoms with van der Waals surface area (Å²) >= 11 is 0. The number of likely N-dealkylation sites (N-methyl/N-ethyl adjacent to an activating group) is 1. The maximum Gasteiger partial charge on any atom is 0.233 e. The van der Waals surface area contributed by atoms with Crippen molar-refractivity contribution in [3.63, 3.8) is 0 Å². The van der Waals surface area contributed by atoms with Crippen molar-refractivity contribution in [3.8, 4) is 0 Å². The van der Waals surface area contributed by atoms with Gasteiger partial charge >= 0.3 is 0 Å². The molecule has 2 N–H and O–H groups in total. The molecule has 0 unspecified atom stereocenters. The van der Waals surface area contributed by atoms with Crippen LogP contribution in [0.3, 0.4) is 0 Å². The molecule has 0 fully saturated rings. The molecule has 0 saturated heterocycles. The highest BCUT2D eigenvalue weighted by Gasteiger charge is 2.00. The third kappa shape index (κ3) is 2.83. The highest BCUT2D eigenvalue weighted by Crippen LogP contribution is 1.90. The molecule has 1 amide bonds. The summed E-state index contributed by atoms with van der Waals surface area (Å²) in [4.78, 5) is 10.8. The minimum absolute atomic E-state index is 0.0323. The molecule has 13 heavy (non-hydrogen) atoms. The van der Waals surface area contributed by atoms with E-state index in [1.165, 1.54) is 0 Å². The smallest absolute Gasteiger partial charge is 0.233 e. The summed E-state index contributed by atoms with van der Waals surface area (Å²) in [5.74, 6) is -0.0323. The van der Waals surface area contributed by atoms with Gasteiger partial charge in [-0.3, -0.25) is 9.48 Å². The Hall–Kier alpha value is -1.43. The van der Waals surface area contributed by atoms with Crippen LogP contribution in [0.4, 0.5) is 0 Å². The molecule has 1 rings (SSSR count). The van der Waals surface area contributed by atoms with E-state index in [1.807, 2.05) is 7.05 Å². The first-order chi connectivity index (χ1) is 6.24. The summed E-state index contributed by atoms with van der Waals surface area (Å²) in [6.45, 7) is 0.901. The van der Waals surface area contributed by atoms with Crippen LogP contribution in [0, 0.1) is 0 Å². The minimum Gasteiger partial charge on any atom is -0.358 e. The second-order valence-corrected chi connectivity index (χ2v) is 2.63. The minimum atomic E-state index is -0.0323. The maximum atomic E-state index is 10.8. The van der Waals surface area contributed by atoms with Gasteiger partial charge in [-0.1, -0.05) is 5.21 Å². The average Bonchev–Trinajstić information content (AvgIpc) is 2.52. The van der Waals surface area contributed by atoms with Crippen LogP contribution in [0.5, 0.6) is 0 Å². The van der Waals surface area contributed by atoms with Crippen LogP contribution >= 0.6 is 0 Å². The van der Waals surface area contributed by atoms with Crippen molar-refractivity contribution in [1.82, 2.24) is 25.6 Å². The lowest BCUT2D eigenvalue weighted by molar-refractivity contribution is -0.119. The van der Waals surface area contributed by atoms with Gasteiger partial charge in [-0.15, -0.1) is 5.10 Å². The zero-order valence-corrected chi connectivity index (χ0v) is 7.74. The van der Waals surface area contributed by atoms with Crippen LogP contribution in [0.2, 0.25) is 0 Å². The molecule has 6 nitrogen and oxygen atoms in total. The van der Waals surface area contributed by atoms with Gasteiger partial charge in [0.15, 0.2) is 0 Å². The molecule has 0 aliphatic heterocycles. The van der Waals surface area contributed by atoms with Crippen LogP contribution in [0.1, 0.15) is 5.69 Å². The van der Waals surface area contributed by atoms with Crippen molar-refractivity contribution in [1.29, 1.82) is 0 Å². The number of aryl methyl sites for hydroxylation is 1. The quantitative estimate of drug-likeness (QED) is 0.605. The number of hydrogen-bond donors (Lipinski definition) is 2. The van der Waals surface area contributed by atoms with Gasteiger partial charge in [0.25, 0.3) is 0 Å². The van der Waals surface area contributed by atoms with Crippen LogP contribution in [-0.2, 0) is 18.4 Å². The Labute approximate surface area is 76.3 Å². The molecule has 0 aromatic carbocycles. The van der Waals surface area contributed by atoms with Crippen molar-refractivity contribution in [3.05, 3.63) is 11.9 Å². The Morgan fingerprint density at radius 2 is 2.46 bits per heavy atom. The summed E-state index contributed by atoms with van der Waals surface area (Å²) < 4.78 is 1.66. The molecular weight excluding hydrogens is 170 g/mol. The van der Waals surface area contributed by atoms with E-state index < -0.39 is 0 Å². The van der Waals surface area contributed by atoms with E-state index in [4.69, 9.17) is 0 Å². The number of carbonyl (C=O) groups is 1. The Balaban J connectivity index is 2.28. The summed E-state index contributed by atoms with van der Waals surface area (Å²) in [5, 5.41) is 13.0. The number of rotatable bonds is 4. The van der Waals surface area contributed by atoms with Crippen LogP contribution < -0.4 is 10.6 Å². The van der Waals surface area contributed by atoms with Crippen molar-refractivity contribution in [2.24, 2.45) is 7.05 Å². The van der Waals surface area contributed by atoms with Gasteiger partial charge in [-0.25, -0.2) is 0 Å². The normalized spacial score (nSPS) is 10.0. The first kappa shape index (κ1) is 9.66.